The van der Waals surface area contributed by atoms with Crippen molar-refractivity contribution in [2.75, 3.05) is 6.61 Å². The van der Waals surface area contributed by atoms with E-state index in [-0.39, 0.29) is 5.56 Å². The molecule has 4 nitrogen and oxygen atoms in total. The van der Waals surface area contributed by atoms with Gasteiger partial charge in [-0.2, -0.15) is 0 Å². The molecular formula is C11H12O4. The number of hydrogen-bond donors (Lipinski definition) is 2. The highest BCUT2D eigenvalue weighted by molar-refractivity contribution is 5.81. The minimum absolute atomic E-state index is 0.266. The van der Waals surface area contributed by atoms with Crippen molar-refractivity contribution in [1.29, 1.82) is 0 Å². The average Bonchev–Trinajstić information content (AvgIpc) is 2.27. The first-order valence-electron chi connectivity index (χ1n) is 4.36. The lowest BCUT2D eigenvalue weighted by Gasteiger charge is -2.21. The summed E-state index contributed by atoms with van der Waals surface area (Å²) in [4.78, 5) is 10.7. The molecule has 80 valence electrons. The van der Waals surface area contributed by atoms with Gasteiger partial charge in [0.2, 0.25) is 5.79 Å². The lowest BCUT2D eigenvalue weighted by molar-refractivity contribution is -0.207. The molecule has 0 aromatic heterocycles. The van der Waals surface area contributed by atoms with E-state index < -0.39 is 18.4 Å². The molecule has 0 aliphatic heterocycles. The van der Waals surface area contributed by atoms with Gasteiger partial charge in [0.05, 0.1) is 0 Å². The maximum atomic E-state index is 10.7. The molecule has 0 aliphatic carbocycles. The molecule has 0 heterocycles. The zero-order chi connectivity index (χ0) is 11.3. The number of carbonyl (C=O) groups is 1. The molecule has 1 aromatic rings. The van der Waals surface area contributed by atoms with Gasteiger partial charge in [-0.1, -0.05) is 36.9 Å². The highest BCUT2D eigenvalue weighted by Gasteiger charge is 2.27. The normalized spacial score (nSPS) is 10.8. The molecule has 0 atom stereocenters. The molecular weight excluding hydrogens is 196 g/mol. The van der Waals surface area contributed by atoms with Gasteiger partial charge < -0.3 is 14.9 Å². The first kappa shape index (κ1) is 11.4. The second-order valence-electron chi connectivity index (χ2n) is 2.99. The molecule has 0 aliphatic rings. The smallest absolute Gasteiger partial charge is 0.330 e. The van der Waals surface area contributed by atoms with Crippen LogP contribution in [0.1, 0.15) is 5.56 Å². The number of aliphatic hydroxyl groups is 2. The second-order valence-corrected chi connectivity index (χ2v) is 2.99. The van der Waals surface area contributed by atoms with E-state index in [1.807, 2.05) is 0 Å². The SMILES string of the molecule is C=CC(=O)OCC(O)(O)c1ccccc1. The summed E-state index contributed by atoms with van der Waals surface area (Å²) >= 11 is 0. The Hall–Kier alpha value is -1.65. The molecule has 0 amide bonds. The zero-order valence-corrected chi connectivity index (χ0v) is 8.09. The van der Waals surface area contributed by atoms with Gasteiger partial charge >= 0.3 is 5.97 Å². The summed E-state index contributed by atoms with van der Waals surface area (Å²) in [5.41, 5.74) is 0.266. The number of carbonyl (C=O) groups excluding carboxylic acids is 1. The Balaban J connectivity index is 2.67. The summed E-state index contributed by atoms with van der Waals surface area (Å²) in [5.74, 6) is -2.86. The Bertz CT molecular complexity index is 343. The van der Waals surface area contributed by atoms with Crippen LogP contribution in [-0.2, 0) is 15.3 Å². The Labute approximate surface area is 87.4 Å². The summed E-state index contributed by atoms with van der Waals surface area (Å²) in [6.45, 7) is 2.67. The Kier molecular flexibility index (Phi) is 3.60. The largest absolute Gasteiger partial charge is 0.456 e. The van der Waals surface area contributed by atoms with Crippen LogP contribution in [0.25, 0.3) is 0 Å². The molecule has 4 heteroatoms. The maximum absolute atomic E-state index is 10.7. The van der Waals surface area contributed by atoms with Gasteiger partial charge in [-0.15, -0.1) is 0 Å². The highest BCUT2D eigenvalue weighted by atomic mass is 16.6. The van der Waals surface area contributed by atoms with Gasteiger partial charge in [0.1, 0.15) is 6.61 Å². The monoisotopic (exact) mass is 208 g/mol. The summed E-state index contributed by atoms with van der Waals surface area (Å²) in [6, 6.07) is 8.12. The average molecular weight is 208 g/mol. The van der Waals surface area contributed by atoms with Gasteiger partial charge in [0, 0.05) is 11.6 Å². The Morgan fingerprint density at radius 2 is 2.00 bits per heavy atom. The van der Waals surface area contributed by atoms with Crippen molar-refractivity contribution in [2.45, 2.75) is 5.79 Å². The van der Waals surface area contributed by atoms with E-state index in [0.29, 0.717) is 0 Å². The van der Waals surface area contributed by atoms with Crippen molar-refractivity contribution in [1.82, 2.24) is 0 Å². The molecule has 2 N–H and O–H groups in total. The molecule has 15 heavy (non-hydrogen) atoms. The van der Waals surface area contributed by atoms with E-state index in [0.717, 1.165) is 6.08 Å². The topological polar surface area (TPSA) is 66.8 Å². The van der Waals surface area contributed by atoms with E-state index in [4.69, 9.17) is 0 Å². The zero-order valence-electron chi connectivity index (χ0n) is 8.09. The Morgan fingerprint density at radius 3 is 2.53 bits per heavy atom. The van der Waals surface area contributed by atoms with Gasteiger partial charge in [0.25, 0.3) is 0 Å². The number of ether oxygens (including phenoxy) is 1. The van der Waals surface area contributed by atoms with Crippen molar-refractivity contribution in [3.63, 3.8) is 0 Å². The number of benzene rings is 1. The second kappa shape index (κ2) is 4.72. The molecule has 0 bridgehead atoms. The van der Waals surface area contributed by atoms with Crippen LogP contribution in [0.3, 0.4) is 0 Å². The lowest BCUT2D eigenvalue weighted by Crippen LogP contribution is -2.32. The predicted octanol–water partition coefficient (Wildman–Crippen LogP) is 0.553. The van der Waals surface area contributed by atoms with Crippen LogP contribution in [0.2, 0.25) is 0 Å². The molecule has 0 unspecified atom stereocenters. The van der Waals surface area contributed by atoms with Crippen molar-refractivity contribution in [3.05, 3.63) is 48.6 Å². The molecule has 1 aromatic carbocycles. The van der Waals surface area contributed by atoms with Crippen LogP contribution in [0.5, 0.6) is 0 Å². The van der Waals surface area contributed by atoms with Crippen LogP contribution in [-0.4, -0.2) is 22.8 Å². The van der Waals surface area contributed by atoms with E-state index in [2.05, 4.69) is 11.3 Å². The van der Waals surface area contributed by atoms with Crippen LogP contribution >= 0.6 is 0 Å². The Morgan fingerprint density at radius 1 is 1.40 bits per heavy atom. The first-order valence-corrected chi connectivity index (χ1v) is 4.36. The summed E-state index contributed by atoms with van der Waals surface area (Å²) in [6.07, 6.45) is 0.959. The minimum Gasteiger partial charge on any atom is -0.456 e. The minimum atomic E-state index is -2.17. The fraction of sp³-hybridized carbons (Fsp3) is 0.182. The van der Waals surface area contributed by atoms with E-state index in [1.54, 1.807) is 18.2 Å². The molecule has 0 spiro atoms. The molecule has 0 saturated carbocycles. The molecule has 0 fully saturated rings. The van der Waals surface area contributed by atoms with Gasteiger partial charge in [-0.05, 0) is 0 Å². The van der Waals surface area contributed by atoms with Crippen molar-refractivity contribution >= 4 is 5.97 Å². The van der Waals surface area contributed by atoms with Crippen LogP contribution in [0.15, 0.2) is 43.0 Å². The van der Waals surface area contributed by atoms with Crippen molar-refractivity contribution < 1.29 is 19.7 Å². The lowest BCUT2D eigenvalue weighted by atomic mass is 10.1. The van der Waals surface area contributed by atoms with Gasteiger partial charge in [0.15, 0.2) is 0 Å². The first-order chi connectivity index (χ1) is 7.06. The number of hydrogen-bond acceptors (Lipinski definition) is 4. The standard InChI is InChI=1S/C11H12O4/c1-2-10(12)15-8-11(13,14)9-6-4-3-5-7-9/h2-7,13-14H,1,8H2. The summed E-state index contributed by atoms with van der Waals surface area (Å²) in [5, 5.41) is 19.1. The fourth-order valence-electron chi connectivity index (χ4n) is 1.02. The quantitative estimate of drug-likeness (QED) is 0.431. The molecule has 0 radical (unpaired) electrons. The van der Waals surface area contributed by atoms with Gasteiger partial charge in [-0.3, -0.25) is 0 Å². The van der Waals surface area contributed by atoms with E-state index in [1.165, 1.54) is 12.1 Å². The molecule has 0 saturated heterocycles. The number of rotatable bonds is 4. The predicted molar refractivity (Wildman–Crippen MR) is 53.7 cm³/mol. The summed E-state index contributed by atoms with van der Waals surface area (Å²) < 4.78 is 4.55. The van der Waals surface area contributed by atoms with Crippen LogP contribution in [0, 0.1) is 0 Å². The van der Waals surface area contributed by atoms with Crippen LogP contribution in [0.4, 0.5) is 0 Å². The number of esters is 1. The van der Waals surface area contributed by atoms with Gasteiger partial charge in [-0.25, -0.2) is 4.79 Å². The highest BCUT2D eigenvalue weighted by Crippen LogP contribution is 2.17. The maximum Gasteiger partial charge on any atom is 0.330 e. The van der Waals surface area contributed by atoms with E-state index in [9.17, 15) is 15.0 Å². The van der Waals surface area contributed by atoms with Crippen molar-refractivity contribution in [2.24, 2.45) is 0 Å². The van der Waals surface area contributed by atoms with Crippen molar-refractivity contribution in [3.8, 4) is 0 Å². The third kappa shape index (κ3) is 3.19. The third-order valence-electron chi connectivity index (χ3n) is 1.82. The summed E-state index contributed by atoms with van der Waals surface area (Å²) in [7, 11) is 0. The molecule has 1 rings (SSSR count). The third-order valence-corrected chi connectivity index (χ3v) is 1.82. The fourth-order valence-corrected chi connectivity index (χ4v) is 1.02. The van der Waals surface area contributed by atoms with Crippen LogP contribution < -0.4 is 0 Å². The van der Waals surface area contributed by atoms with E-state index >= 15 is 0 Å².